The number of rotatable bonds is 5. The molecule has 0 radical (unpaired) electrons. The summed E-state index contributed by atoms with van der Waals surface area (Å²) in [6.07, 6.45) is 0.608. The van der Waals surface area contributed by atoms with Gasteiger partial charge in [0.1, 0.15) is 0 Å². The molecule has 0 amide bonds. The van der Waals surface area contributed by atoms with Crippen LogP contribution >= 0.6 is 12.4 Å². The lowest BCUT2D eigenvalue weighted by Crippen LogP contribution is -2.06. The number of ether oxygens (including phenoxy) is 1. The minimum Gasteiger partial charge on any atom is -0.490 e. The fraction of sp³-hybridized carbons (Fsp3) is 0.333. The van der Waals surface area contributed by atoms with Gasteiger partial charge in [-0.05, 0) is 19.0 Å². The van der Waals surface area contributed by atoms with Crippen LogP contribution in [0.4, 0.5) is 10.1 Å². The maximum Gasteiger partial charge on any atom is 0.272 e. The van der Waals surface area contributed by atoms with Crippen molar-refractivity contribution in [3.63, 3.8) is 0 Å². The first kappa shape index (κ1) is 14.6. The van der Waals surface area contributed by atoms with E-state index < -0.39 is 10.7 Å². The van der Waals surface area contributed by atoms with Crippen molar-refractivity contribution in [1.29, 1.82) is 0 Å². The molecule has 1 aromatic rings. The van der Waals surface area contributed by atoms with Crippen molar-refractivity contribution in [2.75, 3.05) is 13.2 Å². The van der Waals surface area contributed by atoms with Gasteiger partial charge in [-0.15, -0.1) is 12.4 Å². The molecule has 0 heterocycles. The van der Waals surface area contributed by atoms with Gasteiger partial charge in [0.05, 0.1) is 17.6 Å². The van der Waals surface area contributed by atoms with Gasteiger partial charge in [-0.2, -0.15) is 0 Å². The summed E-state index contributed by atoms with van der Waals surface area (Å²) in [6, 6.07) is 3.27. The molecule has 1 aromatic carbocycles. The summed E-state index contributed by atoms with van der Waals surface area (Å²) in [5.41, 5.74) is 4.94. The highest BCUT2D eigenvalue weighted by atomic mass is 35.5. The summed E-state index contributed by atoms with van der Waals surface area (Å²) >= 11 is 0. The smallest absolute Gasteiger partial charge is 0.272 e. The number of nitrogens with zero attached hydrogens (tertiary/aromatic N) is 1. The Labute approximate surface area is 98.0 Å². The van der Waals surface area contributed by atoms with Crippen molar-refractivity contribution < 1.29 is 14.1 Å². The Morgan fingerprint density at radius 2 is 2.19 bits per heavy atom. The first-order valence-electron chi connectivity index (χ1n) is 4.42. The van der Waals surface area contributed by atoms with Gasteiger partial charge in [0.2, 0.25) is 0 Å². The Morgan fingerprint density at radius 3 is 2.69 bits per heavy atom. The average molecular weight is 251 g/mol. The second-order valence-corrected chi connectivity index (χ2v) is 2.86. The lowest BCUT2D eigenvalue weighted by molar-refractivity contribution is -0.385. The largest absolute Gasteiger partial charge is 0.490 e. The summed E-state index contributed by atoms with van der Waals surface area (Å²) in [4.78, 5) is 9.65. The zero-order valence-corrected chi connectivity index (χ0v) is 9.21. The normalized spacial score (nSPS) is 9.38. The molecule has 0 atom stereocenters. The van der Waals surface area contributed by atoms with E-state index >= 15 is 0 Å². The van der Waals surface area contributed by atoms with E-state index in [1.165, 1.54) is 12.1 Å². The van der Waals surface area contributed by atoms with Gasteiger partial charge in [-0.3, -0.25) is 10.1 Å². The third-order valence-corrected chi connectivity index (χ3v) is 1.73. The van der Waals surface area contributed by atoms with E-state index in [9.17, 15) is 14.5 Å². The predicted octanol–water partition coefficient (Wildman–Crippen LogP) is 1.88. The lowest BCUT2D eigenvalue weighted by Gasteiger charge is -2.05. The van der Waals surface area contributed by atoms with Gasteiger partial charge in [0.25, 0.3) is 5.69 Å². The summed E-state index contributed by atoms with van der Waals surface area (Å²) in [5, 5.41) is 10.3. The van der Waals surface area contributed by atoms with E-state index in [4.69, 9.17) is 10.5 Å². The molecule has 90 valence electrons. The standard InChI is InChI=1S/C9H11FN2O3.ClH/c10-8-6-7(12(13)14)2-3-9(8)15-5-1-4-11;/h2-3,6H,1,4-5,11H2;1H. The highest BCUT2D eigenvalue weighted by Crippen LogP contribution is 2.22. The van der Waals surface area contributed by atoms with Crippen LogP contribution in [0.3, 0.4) is 0 Å². The van der Waals surface area contributed by atoms with Crippen molar-refractivity contribution in [3.05, 3.63) is 34.1 Å². The third kappa shape index (κ3) is 4.00. The van der Waals surface area contributed by atoms with Crippen LogP contribution in [0.2, 0.25) is 0 Å². The third-order valence-electron chi connectivity index (χ3n) is 1.73. The number of non-ortho nitro benzene ring substituents is 1. The van der Waals surface area contributed by atoms with E-state index in [1.54, 1.807) is 0 Å². The number of nitro groups is 1. The molecule has 0 aliphatic carbocycles. The van der Waals surface area contributed by atoms with Gasteiger partial charge < -0.3 is 10.5 Å². The minimum absolute atomic E-state index is 0. The van der Waals surface area contributed by atoms with Crippen molar-refractivity contribution in [3.8, 4) is 5.75 Å². The molecular weight excluding hydrogens is 239 g/mol. The first-order valence-corrected chi connectivity index (χ1v) is 4.42. The summed E-state index contributed by atoms with van der Waals surface area (Å²) in [5.74, 6) is -0.727. The molecule has 0 saturated heterocycles. The lowest BCUT2D eigenvalue weighted by atomic mass is 10.3. The number of nitro benzene ring substituents is 1. The van der Waals surface area contributed by atoms with Crippen molar-refractivity contribution >= 4 is 18.1 Å². The zero-order chi connectivity index (χ0) is 11.3. The van der Waals surface area contributed by atoms with E-state index in [2.05, 4.69) is 0 Å². The van der Waals surface area contributed by atoms with Crippen LogP contribution in [0.5, 0.6) is 5.75 Å². The molecule has 0 bridgehead atoms. The monoisotopic (exact) mass is 250 g/mol. The van der Waals surface area contributed by atoms with Gasteiger partial charge in [-0.1, -0.05) is 0 Å². The number of hydrogen-bond acceptors (Lipinski definition) is 4. The SMILES string of the molecule is Cl.NCCCOc1ccc([N+](=O)[O-])cc1F. The van der Waals surface area contributed by atoms with Crippen LogP contribution in [0.25, 0.3) is 0 Å². The van der Waals surface area contributed by atoms with E-state index in [1.807, 2.05) is 0 Å². The van der Waals surface area contributed by atoms with Gasteiger partial charge in [0.15, 0.2) is 11.6 Å². The fourth-order valence-corrected chi connectivity index (χ4v) is 0.986. The topological polar surface area (TPSA) is 78.4 Å². The zero-order valence-electron chi connectivity index (χ0n) is 8.39. The number of hydrogen-bond donors (Lipinski definition) is 1. The quantitative estimate of drug-likeness (QED) is 0.492. The Morgan fingerprint density at radius 1 is 1.50 bits per heavy atom. The molecule has 0 fully saturated rings. The minimum atomic E-state index is -0.735. The predicted molar refractivity (Wildman–Crippen MR) is 59.5 cm³/mol. The molecular formula is C9H12ClFN2O3. The molecule has 1 rings (SSSR count). The Hall–Kier alpha value is -1.40. The van der Waals surface area contributed by atoms with E-state index in [0.29, 0.717) is 19.6 Å². The van der Waals surface area contributed by atoms with Crippen LogP contribution in [0.1, 0.15) is 6.42 Å². The molecule has 0 unspecified atom stereocenters. The molecule has 0 spiro atoms. The van der Waals surface area contributed by atoms with E-state index in [0.717, 1.165) is 6.07 Å². The maximum atomic E-state index is 13.2. The van der Waals surface area contributed by atoms with Crippen LogP contribution in [0, 0.1) is 15.9 Å². The van der Waals surface area contributed by atoms with Crippen molar-refractivity contribution in [2.24, 2.45) is 5.73 Å². The van der Waals surface area contributed by atoms with Crippen molar-refractivity contribution in [2.45, 2.75) is 6.42 Å². The molecule has 0 saturated carbocycles. The maximum absolute atomic E-state index is 13.2. The Balaban J connectivity index is 0.00000225. The fourth-order valence-electron chi connectivity index (χ4n) is 0.986. The first-order chi connectivity index (χ1) is 7.15. The Kier molecular flexibility index (Phi) is 6.36. The second-order valence-electron chi connectivity index (χ2n) is 2.86. The number of nitrogens with two attached hydrogens (primary N) is 1. The number of benzene rings is 1. The molecule has 0 aliphatic rings. The van der Waals surface area contributed by atoms with E-state index in [-0.39, 0.29) is 23.8 Å². The van der Waals surface area contributed by atoms with Crippen molar-refractivity contribution in [1.82, 2.24) is 0 Å². The molecule has 0 aromatic heterocycles. The van der Waals surface area contributed by atoms with Crippen LogP contribution in [-0.4, -0.2) is 18.1 Å². The van der Waals surface area contributed by atoms with Gasteiger partial charge in [0, 0.05) is 6.07 Å². The summed E-state index contributed by atoms with van der Waals surface area (Å²) < 4.78 is 18.2. The highest BCUT2D eigenvalue weighted by Gasteiger charge is 2.10. The summed E-state index contributed by atoms with van der Waals surface area (Å²) in [7, 11) is 0. The molecule has 16 heavy (non-hydrogen) atoms. The van der Waals surface area contributed by atoms with Crippen LogP contribution in [0.15, 0.2) is 18.2 Å². The van der Waals surface area contributed by atoms with Crippen LogP contribution in [-0.2, 0) is 0 Å². The summed E-state index contributed by atoms with van der Waals surface area (Å²) in [6.45, 7) is 0.750. The van der Waals surface area contributed by atoms with Crippen LogP contribution < -0.4 is 10.5 Å². The number of halogens is 2. The Bertz CT molecular complexity index is 363. The molecule has 2 N–H and O–H groups in total. The average Bonchev–Trinajstić information content (AvgIpc) is 2.20. The molecule has 7 heteroatoms. The highest BCUT2D eigenvalue weighted by molar-refractivity contribution is 5.85. The molecule has 0 aliphatic heterocycles. The molecule has 5 nitrogen and oxygen atoms in total. The second kappa shape index (κ2) is 6.97. The van der Waals surface area contributed by atoms with Gasteiger partial charge >= 0.3 is 0 Å². The van der Waals surface area contributed by atoms with Gasteiger partial charge in [-0.25, -0.2) is 4.39 Å².